The number of rotatable bonds is 7. The molecule has 0 amide bonds. The van der Waals surface area contributed by atoms with Crippen LogP contribution in [-0.4, -0.2) is 18.3 Å². The van der Waals surface area contributed by atoms with Crippen LogP contribution in [0, 0.1) is 0 Å². The predicted octanol–water partition coefficient (Wildman–Crippen LogP) is 4.90. The number of phenols is 1. The second-order valence-electron chi connectivity index (χ2n) is 6.72. The van der Waals surface area contributed by atoms with E-state index in [0.29, 0.717) is 11.8 Å². The Hall–Kier alpha value is -1.71. The lowest BCUT2D eigenvalue weighted by Crippen LogP contribution is -2.42. The van der Waals surface area contributed by atoms with Gasteiger partial charge in [0.15, 0.2) is 11.5 Å². The van der Waals surface area contributed by atoms with Gasteiger partial charge in [-0.1, -0.05) is 29.8 Å². The number of nitrogens with one attached hydrogen (secondary N) is 1. The van der Waals surface area contributed by atoms with Gasteiger partial charge in [0.1, 0.15) is 0 Å². The van der Waals surface area contributed by atoms with Gasteiger partial charge in [0.05, 0.1) is 7.11 Å². The largest absolute Gasteiger partial charge is 0.504 e. The summed E-state index contributed by atoms with van der Waals surface area (Å²) in [6.45, 7) is 6.54. The number of ether oxygens (including phenoxy) is 1. The monoisotopic (exact) mass is 347 g/mol. The van der Waals surface area contributed by atoms with Gasteiger partial charge < -0.3 is 15.2 Å². The van der Waals surface area contributed by atoms with Crippen LogP contribution in [0.15, 0.2) is 42.5 Å². The Morgan fingerprint density at radius 3 is 2.46 bits per heavy atom. The van der Waals surface area contributed by atoms with Crippen LogP contribution in [0.1, 0.15) is 38.3 Å². The van der Waals surface area contributed by atoms with Crippen LogP contribution in [0.4, 0.5) is 0 Å². The molecule has 0 saturated heterocycles. The Kier molecular flexibility index (Phi) is 6.14. The Morgan fingerprint density at radius 1 is 1.17 bits per heavy atom. The molecule has 130 valence electrons. The molecule has 0 bridgehead atoms. The Balaban J connectivity index is 1.95. The van der Waals surface area contributed by atoms with Crippen molar-refractivity contribution >= 4 is 11.6 Å². The minimum Gasteiger partial charge on any atom is -0.504 e. The molecule has 0 radical (unpaired) electrons. The number of methoxy groups -OCH3 is 1. The van der Waals surface area contributed by atoms with Gasteiger partial charge >= 0.3 is 0 Å². The van der Waals surface area contributed by atoms with Gasteiger partial charge in [-0.15, -0.1) is 0 Å². The summed E-state index contributed by atoms with van der Waals surface area (Å²) in [6, 6.07) is 13.8. The summed E-state index contributed by atoms with van der Waals surface area (Å²) < 4.78 is 5.16. The zero-order valence-electron chi connectivity index (χ0n) is 14.8. The Bertz CT molecular complexity index is 668. The van der Waals surface area contributed by atoms with Gasteiger partial charge in [-0.3, -0.25) is 0 Å². The van der Waals surface area contributed by atoms with E-state index in [-0.39, 0.29) is 11.3 Å². The standard InChI is InChI=1S/C20H26ClNO2/c1-14(5-6-15-7-12-18(23)19(13-15)24-4)22-20(2,3)16-8-10-17(21)11-9-16/h7-14,22-23H,5-6H2,1-4H3. The fourth-order valence-corrected chi connectivity index (χ4v) is 3.02. The highest BCUT2D eigenvalue weighted by molar-refractivity contribution is 6.30. The molecular formula is C20H26ClNO2. The molecule has 3 nitrogen and oxygen atoms in total. The molecule has 0 aliphatic heterocycles. The first kappa shape index (κ1) is 18.6. The smallest absolute Gasteiger partial charge is 0.160 e. The van der Waals surface area contributed by atoms with E-state index in [9.17, 15) is 5.11 Å². The van der Waals surface area contributed by atoms with Gasteiger partial charge in [0, 0.05) is 16.6 Å². The second kappa shape index (κ2) is 7.91. The lowest BCUT2D eigenvalue weighted by Gasteiger charge is -2.31. The third-order valence-corrected chi connectivity index (χ3v) is 4.54. The number of halogens is 1. The molecule has 2 N–H and O–H groups in total. The predicted molar refractivity (Wildman–Crippen MR) is 100 cm³/mol. The number of aromatic hydroxyl groups is 1. The molecule has 1 unspecified atom stereocenters. The summed E-state index contributed by atoms with van der Waals surface area (Å²) in [5.74, 6) is 0.700. The van der Waals surface area contributed by atoms with Crippen LogP contribution < -0.4 is 10.1 Å². The number of aryl methyl sites for hydroxylation is 1. The SMILES string of the molecule is COc1cc(CCC(C)NC(C)(C)c2ccc(Cl)cc2)ccc1O. The molecule has 2 aromatic rings. The molecule has 0 fully saturated rings. The minimum absolute atomic E-state index is 0.128. The molecule has 2 rings (SSSR count). The molecule has 0 aliphatic carbocycles. The summed E-state index contributed by atoms with van der Waals surface area (Å²) in [5, 5.41) is 14.1. The van der Waals surface area contributed by atoms with E-state index in [1.54, 1.807) is 13.2 Å². The first-order valence-corrected chi connectivity index (χ1v) is 8.59. The van der Waals surface area contributed by atoms with Crippen LogP contribution in [-0.2, 0) is 12.0 Å². The van der Waals surface area contributed by atoms with Crippen molar-refractivity contribution in [1.82, 2.24) is 5.32 Å². The molecule has 0 heterocycles. The molecule has 4 heteroatoms. The van der Waals surface area contributed by atoms with Crippen molar-refractivity contribution in [3.8, 4) is 11.5 Å². The number of hydrogen-bond donors (Lipinski definition) is 2. The molecule has 1 atom stereocenters. The van der Waals surface area contributed by atoms with E-state index in [4.69, 9.17) is 16.3 Å². The van der Waals surface area contributed by atoms with E-state index in [1.807, 2.05) is 24.3 Å². The summed E-state index contributed by atoms with van der Waals surface area (Å²) >= 11 is 5.97. The lowest BCUT2D eigenvalue weighted by molar-refractivity contribution is 0.341. The highest BCUT2D eigenvalue weighted by Gasteiger charge is 2.22. The molecule has 0 aliphatic rings. The quantitative estimate of drug-likeness (QED) is 0.748. The van der Waals surface area contributed by atoms with Crippen LogP contribution in [0.25, 0.3) is 0 Å². The zero-order valence-corrected chi connectivity index (χ0v) is 15.5. The average molecular weight is 348 g/mol. The molecule has 24 heavy (non-hydrogen) atoms. The number of benzene rings is 2. The Morgan fingerprint density at radius 2 is 1.83 bits per heavy atom. The van der Waals surface area contributed by atoms with Gasteiger partial charge in [-0.05, 0) is 69.0 Å². The van der Waals surface area contributed by atoms with Crippen molar-refractivity contribution in [2.24, 2.45) is 0 Å². The molecule has 0 spiro atoms. The normalized spacial score (nSPS) is 12.9. The van der Waals surface area contributed by atoms with E-state index < -0.39 is 0 Å². The van der Waals surface area contributed by atoms with Crippen molar-refractivity contribution in [1.29, 1.82) is 0 Å². The van der Waals surface area contributed by atoms with Gasteiger partial charge in [-0.2, -0.15) is 0 Å². The summed E-state index contributed by atoms with van der Waals surface area (Å²) in [7, 11) is 1.57. The summed E-state index contributed by atoms with van der Waals surface area (Å²) in [5.41, 5.74) is 2.24. The van der Waals surface area contributed by atoms with E-state index in [0.717, 1.165) is 23.4 Å². The third-order valence-electron chi connectivity index (χ3n) is 4.28. The molecule has 0 saturated carbocycles. The van der Waals surface area contributed by atoms with Gasteiger partial charge in [-0.25, -0.2) is 0 Å². The first-order valence-electron chi connectivity index (χ1n) is 8.21. The molecule has 0 aromatic heterocycles. The Labute approximate surface area is 149 Å². The van der Waals surface area contributed by atoms with Crippen molar-refractivity contribution in [3.05, 3.63) is 58.6 Å². The van der Waals surface area contributed by atoms with E-state index in [1.165, 1.54) is 5.56 Å². The molecular weight excluding hydrogens is 322 g/mol. The zero-order chi connectivity index (χ0) is 17.7. The summed E-state index contributed by atoms with van der Waals surface area (Å²) in [6.07, 6.45) is 1.91. The van der Waals surface area contributed by atoms with Gasteiger partial charge in [0.2, 0.25) is 0 Å². The number of hydrogen-bond acceptors (Lipinski definition) is 3. The second-order valence-corrected chi connectivity index (χ2v) is 7.16. The highest BCUT2D eigenvalue weighted by atomic mass is 35.5. The maximum absolute atomic E-state index is 9.66. The minimum atomic E-state index is -0.128. The maximum Gasteiger partial charge on any atom is 0.160 e. The average Bonchev–Trinajstić information content (AvgIpc) is 2.54. The maximum atomic E-state index is 9.66. The lowest BCUT2D eigenvalue weighted by atomic mass is 9.92. The van der Waals surface area contributed by atoms with Crippen molar-refractivity contribution in [2.75, 3.05) is 7.11 Å². The summed E-state index contributed by atoms with van der Waals surface area (Å²) in [4.78, 5) is 0. The topological polar surface area (TPSA) is 41.5 Å². The van der Waals surface area contributed by atoms with Crippen LogP contribution >= 0.6 is 11.6 Å². The highest BCUT2D eigenvalue weighted by Crippen LogP contribution is 2.27. The fraction of sp³-hybridized carbons (Fsp3) is 0.400. The first-order chi connectivity index (χ1) is 11.3. The fourth-order valence-electron chi connectivity index (χ4n) is 2.90. The van der Waals surface area contributed by atoms with Gasteiger partial charge in [0.25, 0.3) is 0 Å². The third kappa shape index (κ3) is 4.89. The van der Waals surface area contributed by atoms with Crippen LogP contribution in [0.5, 0.6) is 11.5 Å². The van der Waals surface area contributed by atoms with Crippen molar-refractivity contribution in [3.63, 3.8) is 0 Å². The van der Waals surface area contributed by atoms with E-state index >= 15 is 0 Å². The van der Waals surface area contributed by atoms with Crippen molar-refractivity contribution < 1.29 is 9.84 Å². The van der Waals surface area contributed by atoms with Crippen molar-refractivity contribution in [2.45, 2.75) is 45.2 Å². The number of phenolic OH excluding ortho intramolecular Hbond substituents is 1. The van der Waals surface area contributed by atoms with Crippen LogP contribution in [0.3, 0.4) is 0 Å². The van der Waals surface area contributed by atoms with E-state index in [2.05, 4.69) is 38.2 Å². The molecule has 2 aromatic carbocycles. The van der Waals surface area contributed by atoms with Crippen LogP contribution in [0.2, 0.25) is 5.02 Å².